The van der Waals surface area contributed by atoms with Crippen LogP contribution in [0.2, 0.25) is 18.1 Å². The van der Waals surface area contributed by atoms with Crippen molar-refractivity contribution in [2.24, 2.45) is 0 Å². The quantitative estimate of drug-likeness (QED) is 0.783. The molecule has 0 amide bonds. The van der Waals surface area contributed by atoms with Gasteiger partial charge in [-0.15, -0.1) is 0 Å². The first-order chi connectivity index (χ1) is 9.50. The second-order valence-corrected chi connectivity index (χ2v) is 15.0. The van der Waals surface area contributed by atoms with Crippen molar-refractivity contribution in [2.45, 2.75) is 51.0 Å². The van der Waals surface area contributed by atoms with E-state index in [4.69, 9.17) is 4.43 Å². The lowest BCUT2D eigenvalue weighted by Gasteiger charge is -2.44. The third kappa shape index (κ3) is 4.28. The van der Waals surface area contributed by atoms with Crippen molar-refractivity contribution >= 4 is 18.2 Å². The van der Waals surface area contributed by atoms with E-state index >= 15 is 0 Å². The monoisotopic (exact) mass is 334 g/mol. The summed E-state index contributed by atoms with van der Waals surface area (Å²) in [6.45, 7) is 14.3. The molecule has 0 aliphatic carbocycles. The molecule has 1 unspecified atom stereocenters. The minimum absolute atomic E-state index is 0.146. The number of piperazine rings is 1. The summed E-state index contributed by atoms with van der Waals surface area (Å²) >= 11 is 0. The van der Waals surface area contributed by atoms with Gasteiger partial charge in [-0.25, -0.2) is 8.42 Å². The Morgan fingerprint density at radius 1 is 1.33 bits per heavy atom. The Hall–Kier alpha value is 0.0469. The number of fused-ring (bicyclic) bond motifs is 1. The summed E-state index contributed by atoms with van der Waals surface area (Å²) in [5.74, 6) is 0.606. The van der Waals surface area contributed by atoms with Crippen molar-refractivity contribution in [3.63, 3.8) is 0 Å². The van der Waals surface area contributed by atoms with Crippen molar-refractivity contribution in [2.75, 3.05) is 37.7 Å². The molecule has 7 heteroatoms. The summed E-state index contributed by atoms with van der Waals surface area (Å²) in [6.07, 6.45) is 0. The van der Waals surface area contributed by atoms with E-state index in [1.807, 2.05) is 0 Å². The molecule has 2 atom stereocenters. The lowest BCUT2D eigenvalue weighted by Crippen LogP contribution is -2.63. The average molecular weight is 335 g/mol. The van der Waals surface area contributed by atoms with Crippen LogP contribution in [0.3, 0.4) is 0 Å². The minimum Gasteiger partial charge on any atom is -0.415 e. The SMILES string of the molecule is CC(C)(C)[Si](C)(C)OCC1CN2CCS(=O)(=O)C[C@H]2CN1. The van der Waals surface area contributed by atoms with Gasteiger partial charge in [0, 0.05) is 31.7 Å². The fraction of sp³-hybridized carbons (Fsp3) is 1.00. The predicted octanol–water partition coefficient (Wildman–Crippen LogP) is 1.08. The highest BCUT2D eigenvalue weighted by Crippen LogP contribution is 2.36. The molecule has 2 rings (SSSR count). The highest BCUT2D eigenvalue weighted by atomic mass is 32.2. The smallest absolute Gasteiger partial charge is 0.192 e. The van der Waals surface area contributed by atoms with Crippen molar-refractivity contribution < 1.29 is 12.8 Å². The van der Waals surface area contributed by atoms with E-state index in [0.29, 0.717) is 24.1 Å². The Labute approximate surface area is 130 Å². The van der Waals surface area contributed by atoms with Crippen LogP contribution in [0.25, 0.3) is 0 Å². The standard InChI is InChI=1S/C14H30N2O3SSi/c1-14(2,3)21(4,5)19-10-12-9-16-6-7-20(17,18)11-13(16)8-15-12/h12-13,15H,6-11H2,1-5H3/t12?,13-/m1/s1. The van der Waals surface area contributed by atoms with Crippen molar-refractivity contribution in [3.05, 3.63) is 0 Å². The molecule has 21 heavy (non-hydrogen) atoms. The van der Waals surface area contributed by atoms with Crippen molar-refractivity contribution in [1.29, 1.82) is 0 Å². The van der Waals surface area contributed by atoms with Gasteiger partial charge < -0.3 is 9.74 Å². The molecule has 2 aliphatic rings. The van der Waals surface area contributed by atoms with E-state index in [1.165, 1.54) is 0 Å². The van der Waals surface area contributed by atoms with Crippen LogP contribution < -0.4 is 5.32 Å². The van der Waals surface area contributed by atoms with Crippen LogP contribution in [0.4, 0.5) is 0 Å². The zero-order valence-corrected chi connectivity index (χ0v) is 15.8. The van der Waals surface area contributed by atoms with Crippen molar-refractivity contribution in [1.82, 2.24) is 10.2 Å². The Morgan fingerprint density at radius 2 is 2.00 bits per heavy atom. The third-order valence-electron chi connectivity index (χ3n) is 5.20. The van der Waals surface area contributed by atoms with Gasteiger partial charge >= 0.3 is 0 Å². The first-order valence-electron chi connectivity index (χ1n) is 7.82. The minimum atomic E-state index is -2.83. The van der Waals surface area contributed by atoms with E-state index in [9.17, 15) is 8.42 Å². The molecule has 0 aromatic heterocycles. The van der Waals surface area contributed by atoms with Gasteiger partial charge in [-0.3, -0.25) is 4.90 Å². The zero-order valence-electron chi connectivity index (χ0n) is 14.0. The lowest BCUT2D eigenvalue weighted by atomic mass is 10.1. The molecule has 2 heterocycles. The Kier molecular flexibility index (Phi) is 4.91. The summed E-state index contributed by atoms with van der Waals surface area (Å²) in [4.78, 5) is 2.32. The van der Waals surface area contributed by atoms with Gasteiger partial charge in [0.1, 0.15) is 0 Å². The number of nitrogens with zero attached hydrogens (tertiary/aromatic N) is 1. The Morgan fingerprint density at radius 3 is 2.62 bits per heavy atom. The van der Waals surface area contributed by atoms with Crippen LogP contribution >= 0.6 is 0 Å². The molecule has 0 aromatic carbocycles. The van der Waals surface area contributed by atoms with Gasteiger partial charge in [0.25, 0.3) is 0 Å². The van der Waals surface area contributed by atoms with Gasteiger partial charge in [0.05, 0.1) is 18.1 Å². The molecular formula is C14H30N2O3SSi. The highest BCUT2D eigenvalue weighted by Gasteiger charge is 2.39. The average Bonchev–Trinajstić information content (AvgIpc) is 2.34. The van der Waals surface area contributed by atoms with Gasteiger partial charge in [0.15, 0.2) is 18.2 Å². The van der Waals surface area contributed by atoms with Crippen LogP contribution in [0.1, 0.15) is 20.8 Å². The first kappa shape index (κ1) is 17.4. The molecule has 2 fully saturated rings. The summed E-state index contributed by atoms with van der Waals surface area (Å²) in [6, 6.07) is 0.462. The van der Waals surface area contributed by atoms with E-state index in [1.54, 1.807) is 0 Å². The summed E-state index contributed by atoms with van der Waals surface area (Å²) in [5.41, 5.74) is 0. The zero-order chi connectivity index (χ0) is 15.9. The third-order valence-corrected chi connectivity index (χ3v) is 11.4. The maximum absolute atomic E-state index is 11.7. The molecule has 0 radical (unpaired) electrons. The summed E-state index contributed by atoms with van der Waals surface area (Å²) in [7, 11) is -4.54. The van der Waals surface area contributed by atoms with E-state index in [-0.39, 0.29) is 11.1 Å². The molecule has 0 spiro atoms. The van der Waals surface area contributed by atoms with Gasteiger partial charge in [-0.2, -0.15) is 0 Å². The van der Waals surface area contributed by atoms with Gasteiger partial charge in [0.2, 0.25) is 0 Å². The van der Waals surface area contributed by atoms with E-state index < -0.39 is 18.2 Å². The van der Waals surface area contributed by atoms with Gasteiger partial charge in [-0.1, -0.05) is 20.8 Å². The second-order valence-electron chi connectivity index (χ2n) is 7.94. The number of sulfone groups is 1. The highest BCUT2D eigenvalue weighted by molar-refractivity contribution is 7.91. The molecule has 2 aliphatic heterocycles. The maximum Gasteiger partial charge on any atom is 0.192 e. The molecule has 2 saturated heterocycles. The van der Waals surface area contributed by atoms with Crippen LogP contribution in [0.5, 0.6) is 0 Å². The van der Waals surface area contributed by atoms with Crippen LogP contribution in [-0.4, -0.2) is 71.5 Å². The second kappa shape index (κ2) is 5.92. The van der Waals surface area contributed by atoms with E-state index in [2.05, 4.69) is 44.1 Å². The lowest BCUT2D eigenvalue weighted by molar-refractivity contribution is 0.114. The summed E-state index contributed by atoms with van der Waals surface area (Å²) < 4.78 is 29.6. The molecule has 5 nitrogen and oxygen atoms in total. The summed E-state index contributed by atoms with van der Waals surface area (Å²) in [5, 5.41) is 3.70. The van der Waals surface area contributed by atoms with E-state index in [0.717, 1.165) is 19.7 Å². The Bertz CT molecular complexity index is 473. The number of hydrogen-bond donors (Lipinski definition) is 1. The Balaban J connectivity index is 1.86. The molecular weight excluding hydrogens is 304 g/mol. The van der Waals surface area contributed by atoms with Gasteiger partial charge in [-0.05, 0) is 18.1 Å². The first-order valence-corrected chi connectivity index (χ1v) is 12.5. The molecule has 124 valence electrons. The topological polar surface area (TPSA) is 58.6 Å². The molecule has 0 saturated carbocycles. The van der Waals surface area contributed by atoms with Crippen LogP contribution in [-0.2, 0) is 14.3 Å². The molecule has 0 bridgehead atoms. The maximum atomic E-state index is 11.7. The molecule has 0 aromatic rings. The molecule has 1 N–H and O–H groups in total. The largest absolute Gasteiger partial charge is 0.415 e. The van der Waals surface area contributed by atoms with Crippen LogP contribution in [0, 0.1) is 0 Å². The normalized spacial score (nSPS) is 30.9. The number of hydrogen-bond acceptors (Lipinski definition) is 5. The van der Waals surface area contributed by atoms with Crippen LogP contribution in [0.15, 0.2) is 0 Å². The number of rotatable bonds is 3. The van der Waals surface area contributed by atoms with Crippen molar-refractivity contribution in [3.8, 4) is 0 Å². The fourth-order valence-electron chi connectivity index (χ4n) is 2.64. The predicted molar refractivity (Wildman–Crippen MR) is 89.0 cm³/mol. The number of nitrogens with one attached hydrogen (secondary N) is 1. The fourth-order valence-corrected chi connectivity index (χ4v) is 5.28.